The molecule has 0 aliphatic heterocycles. The molecule has 0 aromatic heterocycles. The van der Waals surface area contributed by atoms with E-state index in [2.05, 4.69) is 4.72 Å². The van der Waals surface area contributed by atoms with Crippen LogP contribution in [0.4, 0.5) is 5.69 Å². The van der Waals surface area contributed by atoms with E-state index < -0.39 is 15.9 Å². The fourth-order valence-electron chi connectivity index (χ4n) is 2.20. The first-order valence-electron chi connectivity index (χ1n) is 7.45. The number of ether oxygens (including phenoxy) is 1. The number of rotatable bonds is 7. The summed E-state index contributed by atoms with van der Waals surface area (Å²) in [6.45, 7) is 3.97. The smallest absolute Gasteiger partial charge is 0.265 e. The van der Waals surface area contributed by atoms with Gasteiger partial charge in [0.1, 0.15) is 10.6 Å². The van der Waals surface area contributed by atoms with E-state index in [0.717, 1.165) is 11.1 Å². The van der Waals surface area contributed by atoms with Crippen LogP contribution in [0.5, 0.6) is 5.75 Å². The van der Waals surface area contributed by atoms with Gasteiger partial charge in [-0.1, -0.05) is 18.2 Å². The molecule has 7 heteroatoms. The lowest BCUT2D eigenvalue weighted by Crippen LogP contribution is -2.15. The zero-order valence-corrected chi connectivity index (χ0v) is 14.4. The summed E-state index contributed by atoms with van der Waals surface area (Å²) in [7, 11) is -3.79. The minimum absolute atomic E-state index is 0.0885. The summed E-state index contributed by atoms with van der Waals surface area (Å²) in [4.78, 5) is 11.0. The van der Waals surface area contributed by atoms with E-state index in [0.29, 0.717) is 18.0 Å². The van der Waals surface area contributed by atoms with Gasteiger partial charge in [-0.15, -0.1) is 0 Å². The quantitative estimate of drug-likeness (QED) is 0.801. The molecule has 2 aromatic carbocycles. The van der Waals surface area contributed by atoms with Gasteiger partial charge in [0.2, 0.25) is 5.91 Å². The molecule has 128 valence electrons. The molecule has 0 atom stereocenters. The van der Waals surface area contributed by atoms with Crippen LogP contribution in [0.3, 0.4) is 0 Å². The number of sulfonamides is 1. The summed E-state index contributed by atoms with van der Waals surface area (Å²) in [6.07, 6.45) is 0.111. The van der Waals surface area contributed by atoms with Gasteiger partial charge in [0.05, 0.1) is 13.0 Å². The summed E-state index contributed by atoms with van der Waals surface area (Å²) in [5, 5.41) is 0. The summed E-state index contributed by atoms with van der Waals surface area (Å²) < 4.78 is 33.2. The van der Waals surface area contributed by atoms with Crippen molar-refractivity contribution < 1.29 is 17.9 Å². The van der Waals surface area contributed by atoms with E-state index >= 15 is 0 Å². The number of hydrogen-bond acceptors (Lipinski definition) is 4. The lowest BCUT2D eigenvalue weighted by atomic mass is 10.1. The van der Waals surface area contributed by atoms with Crippen molar-refractivity contribution in [3.63, 3.8) is 0 Å². The van der Waals surface area contributed by atoms with Crippen LogP contribution in [0.25, 0.3) is 0 Å². The second kappa shape index (κ2) is 7.35. The number of nitrogens with two attached hydrogens (primary N) is 1. The molecule has 2 rings (SSSR count). The Morgan fingerprint density at radius 1 is 1.17 bits per heavy atom. The fraction of sp³-hybridized carbons (Fsp3) is 0.235. The summed E-state index contributed by atoms with van der Waals surface area (Å²) in [5.74, 6) is -0.134. The number of anilines is 1. The molecule has 0 heterocycles. The SMILES string of the molecule is CCOc1ccc(C)cc1S(=O)(=O)Nc1ccc(CC(N)=O)cc1. The van der Waals surface area contributed by atoms with E-state index in [1.54, 1.807) is 49.4 Å². The maximum absolute atomic E-state index is 12.6. The van der Waals surface area contributed by atoms with Crippen molar-refractivity contribution in [1.82, 2.24) is 0 Å². The highest BCUT2D eigenvalue weighted by atomic mass is 32.2. The van der Waals surface area contributed by atoms with Gasteiger partial charge in [0.25, 0.3) is 10.0 Å². The number of carbonyl (C=O) groups is 1. The Balaban J connectivity index is 2.28. The second-order valence-corrected chi connectivity index (χ2v) is 6.98. The van der Waals surface area contributed by atoms with Crippen LogP contribution < -0.4 is 15.2 Å². The number of primary amides is 1. The topological polar surface area (TPSA) is 98.5 Å². The Kier molecular flexibility index (Phi) is 5.46. The molecule has 6 nitrogen and oxygen atoms in total. The number of carbonyl (C=O) groups excluding carboxylic acids is 1. The molecule has 0 aliphatic rings. The van der Waals surface area contributed by atoms with Gasteiger partial charge in [0.15, 0.2) is 0 Å². The van der Waals surface area contributed by atoms with Gasteiger partial charge >= 0.3 is 0 Å². The van der Waals surface area contributed by atoms with E-state index in [9.17, 15) is 13.2 Å². The molecule has 24 heavy (non-hydrogen) atoms. The minimum atomic E-state index is -3.79. The van der Waals surface area contributed by atoms with Gasteiger partial charge in [-0.3, -0.25) is 9.52 Å². The lowest BCUT2D eigenvalue weighted by molar-refractivity contribution is -0.117. The van der Waals surface area contributed by atoms with Crippen molar-refractivity contribution >= 4 is 21.6 Å². The first-order chi connectivity index (χ1) is 11.3. The van der Waals surface area contributed by atoms with Crippen molar-refractivity contribution in [2.24, 2.45) is 5.73 Å². The van der Waals surface area contributed by atoms with Crippen LogP contribution in [0.1, 0.15) is 18.1 Å². The predicted octanol–water partition coefficient (Wildman–Crippen LogP) is 2.22. The zero-order chi connectivity index (χ0) is 17.7. The highest BCUT2D eigenvalue weighted by Crippen LogP contribution is 2.27. The number of aryl methyl sites for hydroxylation is 1. The monoisotopic (exact) mass is 348 g/mol. The van der Waals surface area contributed by atoms with Crippen LogP contribution in [-0.4, -0.2) is 20.9 Å². The Labute approximate surface area is 141 Å². The molecule has 0 unspecified atom stereocenters. The van der Waals surface area contributed by atoms with E-state index in [4.69, 9.17) is 10.5 Å². The van der Waals surface area contributed by atoms with Crippen molar-refractivity contribution in [3.8, 4) is 5.75 Å². The third-order valence-corrected chi connectivity index (χ3v) is 4.68. The maximum atomic E-state index is 12.6. The molecular formula is C17H20N2O4S. The molecule has 0 saturated heterocycles. The van der Waals surface area contributed by atoms with Crippen LogP contribution in [0, 0.1) is 6.92 Å². The highest BCUT2D eigenvalue weighted by molar-refractivity contribution is 7.92. The molecule has 0 saturated carbocycles. The molecule has 0 bridgehead atoms. The standard InChI is InChI=1S/C17H20N2O4S/c1-3-23-15-9-4-12(2)10-16(15)24(21,22)19-14-7-5-13(6-8-14)11-17(18)20/h4-10,19H,3,11H2,1-2H3,(H2,18,20). The lowest BCUT2D eigenvalue weighted by Gasteiger charge is -2.13. The Morgan fingerprint density at radius 3 is 2.42 bits per heavy atom. The summed E-state index contributed by atoms with van der Waals surface area (Å²) >= 11 is 0. The number of benzene rings is 2. The normalized spacial score (nSPS) is 11.1. The zero-order valence-electron chi connectivity index (χ0n) is 13.6. The molecule has 3 N–H and O–H groups in total. The van der Waals surface area contributed by atoms with Gasteiger partial charge < -0.3 is 10.5 Å². The molecule has 2 aromatic rings. The average molecular weight is 348 g/mol. The summed E-state index contributed by atoms with van der Waals surface area (Å²) in [5.41, 5.74) is 7.06. The number of hydrogen-bond donors (Lipinski definition) is 2. The van der Waals surface area contributed by atoms with Crippen LogP contribution in [0.15, 0.2) is 47.4 Å². The predicted molar refractivity (Wildman–Crippen MR) is 92.5 cm³/mol. The van der Waals surface area contributed by atoms with Crippen LogP contribution in [0.2, 0.25) is 0 Å². The largest absolute Gasteiger partial charge is 0.492 e. The average Bonchev–Trinajstić information content (AvgIpc) is 2.50. The molecule has 0 radical (unpaired) electrons. The maximum Gasteiger partial charge on any atom is 0.265 e. The first kappa shape index (κ1) is 17.8. The van der Waals surface area contributed by atoms with E-state index in [1.807, 2.05) is 6.92 Å². The molecular weight excluding hydrogens is 328 g/mol. The first-order valence-corrected chi connectivity index (χ1v) is 8.93. The highest BCUT2D eigenvalue weighted by Gasteiger charge is 2.20. The van der Waals surface area contributed by atoms with Gasteiger partial charge in [0, 0.05) is 5.69 Å². The molecule has 0 spiro atoms. The molecule has 0 aliphatic carbocycles. The summed E-state index contributed by atoms with van der Waals surface area (Å²) in [6, 6.07) is 11.5. The number of nitrogens with one attached hydrogen (secondary N) is 1. The van der Waals surface area contributed by atoms with Crippen molar-refractivity contribution in [2.45, 2.75) is 25.2 Å². The van der Waals surface area contributed by atoms with Crippen molar-refractivity contribution in [3.05, 3.63) is 53.6 Å². The number of amides is 1. The van der Waals surface area contributed by atoms with Gasteiger partial charge in [-0.25, -0.2) is 8.42 Å². The van der Waals surface area contributed by atoms with E-state index in [-0.39, 0.29) is 11.3 Å². The minimum Gasteiger partial charge on any atom is -0.492 e. The van der Waals surface area contributed by atoms with Crippen molar-refractivity contribution in [1.29, 1.82) is 0 Å². The third-order valence-electron chi connectivity index (χ3n) is 3.27. The van der Waals surface area contributed by atoms with Gasteiger partial charge in [-0.05, 0) is 49.2 Å². The Morgan fingerprint density at radius 2 is 1.83 bits per heavy atom. The van der Waals surface area contributed by atoms with E-state index in [1.165, 1.54) is 0 Å². The van der Waals surface area contributed by atoms with Gasteiger partial charge in [-0.2, -0.15) is 0 Å². The second-order valence-electron chi connectivity index (χ2n) is 5.33. The Hall–Kier alpha value is -2.54. The Bertz CT molecular complexity index is 830. The van der Waals surface area contributed by atoms with Crippen LogP contribution >= 0.6 is 0 Å². The van der Waals surface area contributed by atoms with Crippen molar-refractivity contribution in [2.75, 3.05) is 11.3 Å². The molecule has 0 fully saturated rings. The third kappa shape index (κ3) is 4.48. The molecule has 1 amide bonds. The van der Waals surface area contributed by atoms with Crippen LogP contribution in [-0.2, 0) is 21.2 Å². The fourth-order valence-corrected chi connectivity index (χ4v) is 3.49.